The van der Waals surface area contributed by atoms with Gasteiger partial charge in [0.2, 0.25) is 0 Å². The Balaban J connectivity index is 2.02. The van der Waals surface area contributed by atoms with E-state index < -0.39 is 0 Å². The van der Waals surface area contributed by atoms with Gasteiger partial charge in [0.05, 0.1) is 37.6 Å². The van der Waals surface area contributed by atoms with Crippen molar-refractivity contribution in [1.82, 2.24) is 0 Å². The molecule has 0 fully saturated rings. The lowest BCUT2D eigenvalue weighted by Gasteiger charge is -2.20. The Morgan fingerprint density at radius 3 is 0.537 bits per heavy atom. The first kappa shape index (κ1) is 40.5. The fourth-order valence-corrected chi connectivity index (χ4v) is 5.39. The summed E-state index contributed by atoms with van der Waals surface area (Å²) >= 11 is 0. The second-order valence-electron chi connectivity index (χ2n) is 10.8. The van der Waals surface area contributed by atoms with Crippen molar-refractivity contribution in [2.75, 3.05) is 79.3 Å². The molecule has 0 atom stereocenters. The number of ether oxygens (including phenoxy) is 12. The molecule has 54 heavy (non-hydrogen) atoms. The number of fused-ring (bicyclic) bond motifs is 6. The van der Waals surface area contributed by atoms with Crippen molar-refractivity contribution in [3.05, 3.63) is 113 Å². The van der Waals surface area contributed by atoms with Crippen LogP contribution in [0.5, 0.6) is 34.5 Å². The van der Waals surface area contributed by atoms with Crippen LogP contribution in [0.2, 0.25) is 0 Å². The van der Waals surface area contributed by atoms with Crippen LogP contribution in [0.15, 0.2) is 113 Å². The first-order valence-electron chi connectivity index (χ1n) is 17.3. The van der Waals surface area contributed by atoms with Crippen LogP contribution < -0.4 is 28.4 Å². The molecular weight excluding hydrogens is 696 g/mol. The highest BCUT2D eigenvalue weighted by atomic mass is 16.6. The molecule has 0 aliphatic rings. The van der Waals surface area contributed by atoms with Crippen LogP contribution in [0.1, 0.15) is 0 Å². The van der Waals surface area contributed by atoms with Gasteiger partial charge >= 0.3 is 0 Å². The number of benzene rings is 4. The van der Waals surface area contributed by atoms with Crippen LogP contribution in [0.25, 0.3) is 32.3 Å². The summed E-state index contributed by atoms with van der Waals surface area (Å²) in [5, 5.41) is 5.05. The van der Waals surface area contributed by atoms with Gasteiger partial charge in [0.15, 0.2) is 34.5 Å². The first-order valence-corrected chi connectivity index (χ1v) is 17.3. The summed E-state index contributed by atoms with van der Waals surface area (Å²) < 4.78 is 69.3. The first-order chi connectivity index (χ1) is 26.6. The maximum atomic E-state index is 6.22. The minimum atomic E-state index is 0.242. The van der Waals surface area contributed by atoms with Gasteiger partial charge < -0.3 is 56.8 Å². The zero-order chi connectivity index (χ0) is 38.4. The Hall–Kier alpha value is -6.30. The van der Waals surface area contributed by atoms with Gasteiger partial charge in [0.1, 0.15) is 79.3 Å². The third-order valence-corrected chi connectivity index (χ3v) is 7.58. The monoisotopic (exact) mass is 744 g/mol. The zero-order valence-electron chi connectivity index (χ0n) is 30.6. The van der Waals surface area contributed by atoms with Crippen molar-refractivity contribution in [2.45, 2.75) is 0 Å². The van der Waals surface area contributed by atoms with E-state index in [-0.39, 0.29) is 79.3 Å². The third kappa shape index (κ3) is 11.3. The van der Waals surface area contributed by atoms with Gasteiger partial charge in [0.25, 0.3) is 0 Å². The highest BCUT2D eigenvalue weighted by Crippen LogP contribution is 2.47. The van der Waals surface area contributed by atoms with E-state index in [2.05, 4.69) is 39.5 Å². The lowest BCUT2D eigenvalue weighted by Crippen LogP contribution is -2.09. The predicted octanol–water partition coefficient (Wildman–Crippen LogP) is 8.38. The molecule has 12 nitrogen and oxygen atoms in total. The average molecular weight is 745 g/mol. The fourth-order valence-electron chi connectivity index (χ4n) is 5.39. The average Bonchev–Trinajstić information content (AvgIpc) is 3.19. The summed E-state index contributed by atoms with van der Waals surface area (Å²) in [5.74, 6) is 2.99. The number of hydrogen-bond donors (Lipinski definition) is 0. The van der Waals surface area contributed by atoms with E-state index in [4.69, 9.17) is 56.8 Å². The summed E-state index contributed by atoms with van der Waals surface area (Å²) in [7, 11) is 0. The second-order valence-corrected chi connectivity index (χ2v) is 10.8. The van der Waals surface area contributed by atoms with E-state index in [9.17, 15) is 0 Å². The Bertz CT molecular complexity index is 1490. The summed E-state index contributed by atoms with van der Waals surface area (Å²) in [4.78, 5) is 0. The van der Waals surface area contributed by atoms with Crippen LogP contribution in [0.3, 0.4) is 0 Å². The van der Waals surface area contributed by atoms with Gasteiger partial charge in [-0.2, -0.15) is 0 Å². The fraction of sp³-hybridized carbons (Fsp3) is 0.286. The van der Waals surface area contributed by atoms with E-state index in [0.717, 1.165) is 32.3 Å². The summed E-state index contributed by atoms with van der Waals surface area (Å²) in [6.07, 6.45) is 8.20. The molecule has 0 spiro atoms. The lowest BCUT2D eigenvalue weighted by atomic mass is 9.93. The van der Waals surface area contributed by atoms with Gasteiger partial charge in [-0.05, 0) is 68.7 Å². The maximum absolute atomic E-state index is 6.22. The molecule has 4 aromatic rings. The predicted molar refractivity (Wildman–Crippen MR) is 209 cm³/mol. The number of rotatable bonds is 30. The molecule has 0 saturated heterocycles. The minimum absolute atomic E-state index is 0.242. The van der Waals surface area contributed by atoms with Crippen LogP contribution in [0, 0.1) is 0 Å². The zero-order valence-corrected chi connectivity index (χ0v) is 30.6. The maximum Gasteiger partial charge on any atom is 0.162 e. The van der Waals surface area contributed by atoms with Gasteiger partial charge in [-0.15, -0.1) is 0 Å². The SMILES string of the molecule is C=COCCOc1cc2c3cc(OCCOC=C)c(OCCOC=C)cc3c3cc(OCCOC=C)c(OCCOC=C)cc3c2cc1OCCOC=C. The van der Waals surface area contributed by atoms with Crippen LogP contribution >= 0.6 is 0 Å². The van der Waals surface area contributed by atoms with Gasteiger partial charge in [0, 0.05) is 0 Å². The molecule has 0 aromatic heterocycles. The van der Waals surface area contributed by atoms with Crippen molar-refractivity contribution in [2.24, 2.45) is 0 Å². The molecule has 4 rings (SSSR count). The molecule has 0 N–H and O–H groups in total. The van der Waals surface area contributed by atoms with E-state index in [1.807, 2.05) is 36.4 Å². The van der Waals surface area contributed by atoms with Crippen LogP contribution in [0.4, 0.5) is 0 Å². The van der Waals surface area contributed by atoms with Crippen molar-refractivity contribution >= 4 is 32.3 Å². The smallest absolute Gasteiger partial charge is 0.162 e. The Morgan fingerprint density at radius 2 is 0.407 bits per heavy atom. The molecule has 0 aliphatic heterocycles. The van der Waals surface area contributed by atoms with Gasteiger partial charge in [-0.1, -0.05) is 39.5 Å². The number of hydrogen-bond acceptors (Lipinski definition) is 12. The highest BCUT2D eigenvalue weighted by molar-refractivity contribution is 6.26. The highest BCUT2D eigenvalue weighted by Gasteiger charge is 2.20. The van der Waals surface area contributed by atoms with Crippen molar-refractivity contribution < 1.29 is 56.8 Å². The van der Waals surface area contributed by atoms with Crippen molar-refractivity contribution in [3.8, 4) is 34.5 Å². The van der Waals surface area contributed by atoms with Crippen LogP contribution in [-0.2, 0) is 28.4 Å². The van der Waals surface area contributed by atoms with Crippen LogP contribution in [-0.4, -0.2) is 79.3 Å². The van der Waals surface area contributed by atoms with E-state index >= 15 is 0 Å². The third-order valence-electron chi connectivity index (χ3n) is 7.58. The summed E-state index contributed by atoms with van der Waals surface area (Å²) in [6, 6.07) is 11.6. The molecule has 12 heteroatoms. The summed E-state index contributed by atoms with van der Waals surface area (Å²) in [6.45, 7) is 24.9. The molecule has 288 valence electrons. The molecule has 0 saturated carbocycles. The molecule has 0 radical (unpaired) electrons. The lowest BCUT2D eigenvalue weighted by molar-refractivity contribution is 0.161. The normalized spacial score (nSPS) is 10.4. The molecule has 0 heterocycles. The van der Waals surface area contributed by atoms with Gasteiger partial charge in [-0.25, -0.2) is 0 Å². The molecule has 4 aromatic carbocycles. The van der Waals surface area contributed by atoms with Crippen molar-refractivity contribution in [1.29, 1.82) is 0 Å². The second kappa shape index (κ2) is 22.6. The largest absolute Gasteiger partial charge is 0.498 e. The van der Waals surface area contributed by atoms with Crippen molar-refractivity contribution in [3.63, 3.8) is 0 Å². The molecule has 0 aliphatic carbocycles. The Kier molecular flexibility index (Phi) is 16.9. The van der Waals surface area contributed by atoms with E-state index in [1.54, 1.807) is 0 Å². The Morgan fingerprint density at radius 1 is 0.259 bits per heavy atom. The molecular formula is C42H48O12. The topological polar surface area (TPSA) is 111 Å². The quantitative estimate of drug-likeness (QED) is 0.0291. The van der Waals surface area contributed by atoms with Gasteiger partial charge in [-0.3, -0.25) is 0 Å². The van der Waals surface area contributed by atoms with E-state index in [1.165, 1.54) is 37.6 Å². The van der Waals surface area contributed by atoms with E-state index in [0.29, 0.717) is 34.5 Å². The molecule has 0 unspecified atom stereocenters. The summed E-state index contributed by atoms with van der Waals surface area (Å²) in [5.41, 5.74) is 0. The molecule has 0 amide bonds. The molecule has 0 bridgehead atoms. The Labute approximate surface area is 315 Å². The standard InChI is InChI=1S/C42H48O12/c1-7-43-13-19-49-37-25-31-32(26-38(37)50-20-14-44-8-2)34-28-40(52-22-16-46-10-4)42(54-24-18-48-12-6)30-36(34)35-29-41(53-23-17-47-11-5)39(27-33(31)35)51-21-15-45-9-3/h7-12,25-30H,1-6,13-24H2. The minimum Gasteiger partial charge on any atom is -0.498 e.